The number of hydrogen-bond acceptors (Lipinski definition) is 3. The van der Waals surface area contributed by atoms with E-state index in [-0.39, 0.29) is 10.8 Å². The largest absolute Gasteiger partial charge is 0.363 e. The molecule has 2 saturated heterocycles. The predicted molar refractivity (Wildman–Crippen MR) is 57.2 cm³/mol. The molecule has 0 aromatic rings. The number of carbonyl (C=O) groups is 1. The maximum absolute atomic E-state index is 11.4. The summed E-state index contributed by atoms with van der Waals surface area (Å²) in [6.07, 6.45) is 2.63. The first-order chi connectivity index (χ1) is 6.76. The fourth-order valence-corrected chi connectivity index (χ4v) is 3.28. The van der Waals surface area contributed by atoms with Crippen LogP contribution in [0.1, 0.15) is 26.2 Å². The normalized spacial score (nSPS) is 25.6. The summed E-state index contributed by atoms with van der Waals surface area (Å²) in [5, 5.41) is 0. The van der Waals surface area contributed by atoms with Crippen LogP contribution < -0.4 is 0 Å². The van der Waals surface area contributed by atoms with Gasteiger partial charge < -0.3 is 9.64 Å². The van der Waals surface area contributed by atoms with Gasteiger partial charge in [-0.2, -0.15) is 0 Å². The van der Waals surface area contributed by atoms with E-state index in [9.17, 15) is 4.79 Å². The summed E-state index contributed by atoms with van der Waals surface area (Å²) in [5.74, 6) is 1.39. The molecule has 0 aromatic heterocycles. The average molecular weight is 215 g/mol. The van der Waals surface area contributed by atoms with Crippen LogP contribution >= 0.6 is 11.8 Å². The van der Waals surface area contributed by atoms with Crippen molar-refractivity contribution in [3.8, 4) is 0 Å². The number of carbonyl (C=O) groups excluding carboxylic acids is 1. The Morgan fingerprint density at radius 2 is 2.21 bits per heavy atom. The maximum atomic E-state index is 11.4. The molecule has 1 amide bonds. The summed E-state index contributed by atoms with van der Waals surface area (Å²) >= 11 is 1.93. The zero-order valence-corrected chi connectivity index (χ0v) is 9.44. The van der Waals surface area contributed by atoms with Crippen LogP contribution in [0.3, 0.4) is 0 Å². The number of rotatable bonds is 1. The molecule has 0 radical (unpaired) electrons. The quantitative estimate of drug-likeness (QED) is 0.663. The number of thioether (sulfide) groups is 1. The van der Waals surface area contributed by atoms with Crippen molar-refractivity contribution in [3.05, 3.63) is 0 Å². The zero-order valence-electron chi connectivity index (χ0n) is 8.62. The van der Waals surface area contributed by atoms with Crippen LogP contribution in [0.15, 0.2) is 0 Å². The number of likely N-dealkylation sites (tertiary alicyclic amines) is 1. The second kappa shape index (κ2) is 4.11. The van der Waals surface area contributed by atoms with Crippen LogP contribution in [0, 0.1) is 0 Å². The van der Waals surface area contributed by atoms with E-state index in [4.69, 9.17) is 4.74 Å². The van der Waals surface area contributed by atoms with Gasteiger partial charge in [-0.15, -0.1) is 11.8 Å². The van der Waals surface area contributed by atoms with Crippen LogP contribution in [0.2, 0.25) is 0 Å². The van der Waals surface area contributed by atoms with Gasteiger partial charge >= 0.3 is 0 Å². The number of amides is 1. The molecule has 0 bridgehead atoms. The molecule has 2 fully saturated rings. The number of nitrogens with zero attached hydrogens (tertiary/aromatic N) is 1. The lowest BCUT2D eigenvalue weighted by Crippen LogP contribution is -2.44. The first-order valence-corrected chi connectivity index (χ1v) is 6.30. The average Bonchev–Trinajstić information content (AvgIpc) is 2.67. The van der Waals surface area contributed by atoms with Gasteiger partial charge in [0.25, 0.3) is 0 Å². The van der Waals surface area contributed by atoms with Crippen LogP contribution in [0.25, 0.3) is 0 Å². The molecule has 1 spiro atoms. The standard InChI is InChI=1S/C10H17NO2S/c1-2-9(12)11-5-3-10(4-6-11)13-7-8-14-10/h2-8H2,1H3. The molecular weight excluding hydrogens is 198 g/mol. The molecule has 3 nitrogen and oxygen atoms in total. The highest BCUT2D eigenvalue weighted by atomic mass is 32.2. The van der Waals surface area contributed by atoms with Crippen molar-refractivity contribution < 1.29 is 9.53 Å². The van der Waals surface area contributed by atoms with Crippen molar-refractivity contribution in [2.75, 3.05) is 25.4 Å². The number of ether oxygens (including phenoxy) is 1. The summed E-state index contributed by atoms with van der Waals surface area (Å²) in [6, 6.07) is 0. The molecule has 0 atom stereocenters. The third-order valence-electron chi connectivity index (χ3n) is 2.99. The highest BCUT2D eigenvalue weighted by Gasteiger charge is 2.39. The second-order valence-electron chi connectivity index (χ2n) is 3.84. The first kappa shape index (κ1) is 10.3. The van der Waals surface area contributed by atoms with E-state index in [2.05, 4.69) is 0 Å². The SMILES string of the molecule is CCC(=O)N1CCC2(CC1)OCCS2. The first-order valence-electron chi connectivity index (χ1n) is 5.31. The molecule has 80 valence electrons. The highest BCUT2D eigenvalue weighted by Crippen LogP contribution is 2.41. The monoisotopic (exact) mass is 215 g/mol. The molecular formula is C10H17NO2S. The van der Waals surface area contributed by atoms with Gasteiger partial charge in [0.15, 0.2) is 0 Å². The van der Waals surface area contributed by atoms with Gasteiger partial charge in [-0.25, -0.2) is 0 Å². The maximum Gasteiger partial charge on any atom is 0.222 e. The van der Waals surface area contributed by atoms with Crippen molar-refractivity contribution in [1.29, 1.82) is 0 Å². The molecule has 14 heavy (non-hydrogen) atoms. The van der Waals surface area contributed by atoms with Gasteiger partial charge in [-0.3, -0.25) is 4.79 Å². The van der Waals surface area contributed by atoms with Crippen LogP contribution in [0.5, 0.6) is 0 Å². The summed E-state index contributed by atoms with van der Waals surface area (Å²) in [5.41, 5.74) is 0. The second-order valence-corrected chi connectivity index (χ2v) is 5.28. The van der Waals surface area contributed by atoms with Gasteiger partial charge in [-0.05, 0) is 0 Å². The molecule has 0 saturated carbocycles. The molecule has 4 heteroatoms. The molecule has 2 aliphatic heterocycles. The minimum absolute atomic E-state index is 0.0600. The Labute approximate surface area is 89.2 Å². The molecule has 0 N–H and O–H groups in total. The minimum atomic E-state index is 0.0600. The molecule has 0 unspecified atom stereocenters. The highest BCUT2D eigenvalue weighted by molar-refractivity contribution is 8.00. The van der Waals surface area contributed by atoms with E-state index < -0.39 is 0 Å². The fourth-order valence-electron chi connectivity index (χ4n) is 2.11. The van der Waals surface area contributed by atoms with Gasteiger partial charge in [0.1, 0.15) is 4.93 Å². The van der Waals surface area contributed by atoms with Gasteiger partial charge in [0.05, 0.1) is 6.61 Å². The van der Waals surface area contributed by atoms with Crippen molar-refractivity contribution in [1.82, 2.24) is 4.90 Å². The summed E-state index contributed by atoms with van der Waals surface area (Å²) in [4.78, 5) is 13.5. The Kier molecular flexibility index (Phi) is 3.02. The zero-order chi connectivity index (χ0) is 10.0. The summed E-state index contributed by atoms with van der Waals surface area (Å²) in [7, 11) is 0. The van der Waals surface area contributed by atoms with Crippen LogP contribution in [0.4, 0.5) is 0 Å². The number of hydrogen-bond donors (Lipinski definition) is 0. The van der Waals surface area contributed by atoms with Crippen molar-refractivity contribution in [3.63, 3.8) is 0 Å². The smallest absolute Gasteiger partial charge is 0.222 e. The Bertz CT molecular complexity index is 216. The van der Waals surface area contributed by atoms with Crippen molar-refractivity contribution in [2.45, 2.75) is 31.1 Å². The Balaban J connectivity index is 1.88. The van der Waals surface area contributed by atoms with Crippen LogP contribution in [-0.4, -0.2) is 41.2 Å². The Hall–Kier alpha value is -0.220. The lowest BCUT2D eigenvalue weighted by Gasteiger charge is -2.37. The van der Waals surface area contributed by atoms with E-state index in [1.165, 1.54) is 0 Å². The topological polar surface area (TPSA) is 29.5 Å². The fraction of sp³-hybridized carbons (Fsp3) is 0.900. The van der Waals surface area contributed by atoms with Crippen molar-refractivity contribution in [2.24, 2.45) is 0 Å². The molecule has 2 heterocycles. The van der Waals surface area contributed by atoms with Gasteiger partial charge in [0, 0.05) is 38.1 Å². The third-order valence-corrected chi connectivity index (χ3v) is 4.42. The van der Waals surface area contributed by atoms with Crippen LogP contribution in [-0.2, 0) is 9.53 Å². The minimum Gasteiger partial charge on any atom is -0.363 e. The van der Waals surface area contributed by atoms with Gasteiger partial charge in [0.2, 0.25) is 5.91 Å². The van der Waals surface area contributed by atoms with Crippen molar-refractivity contribution >= 4 is 17.7 Å². The van der Waals surface area contributed by atoms with E-state index in [0.29, 0.717) is 6.42 Å². The molecule has 0 aromatic carbocycles. The lowest BCUT2D eigenvalue weighted by atomic mass is 10.1. The van der Waals surface area contributed by atoms with E-state index in [1.807, 2.05) is 23.6 Å². The predicted octanol–water partition coefficient (Wildman–Crippen LogP) is 1.48. The lowest BCUT2D eigenvalue weighted by molar-refractivity contribution is -0.133. The Morgan fingerprint density at radius 3 is 2.71 bits per heavy atom. The summed E-state index contributed by atoms with van der Waals surface area (Å²) in [6.45, 7) is 4.55. The van der Waals surface area contributed by atoms with E-state index >= 15 is 0 Å². The molecule has 2 rings (SSSR count). The molecule has 0 aliphatic carbocycles. The van der Waals surface area contributed by atoms with E-state index in [1.54, 1.807) is 0 Å². The number of piperidine rings is 1. The third kappa shape index (κ3) is 1.91. The Morgan fingerprint density at radius 1 is 1.50 bits per heavy atom. The van der Waals surface area contributed by atoms with Gasteiger partial charge in [-0.1, -0.05) is 6.92 Å². The summed E-state index contributed by atoms with van der Waals surface area (Å²) < 4.78 is 5.77. The molecule has 2 aliphatic rings. The van der Waals surface area contributed by atoms with E-state index in [0.717, 1.165) is 38.3 Å².